The normalized spacial score (nSPS) is 12.2. The van der Waals surface area contributed by atoms with Crippen molar-refractivity contribution < 1.29 is 8.83 Å². The Kier molecular flexibility index (Phi) is 12.5. The van der Waals surface area contributed by atoms with E-state index in [4.69, 9.17) is 8.83 Å². The molecule has 0 saturated heterocycles. The Hall–Kier alpha value is -14.2. The van der Waals surface area contributed by atoms with Crippen LogP contribution < -0.4 is 0 Å². The van der Waals surface area contributed by atoms with E-state index in [2.05, 4.69) is 370 Å². The minimum atomic E-state index is 0.899. The van der Waals surface area contributed by atoms with Crippen LogP contribution in [0.4, 0.5) is 0 Å². The van der Waals surface area contributed by atoms with E-state index in [-0.39, 0.29) is 0 Å². The number of furan rings is 2. The van der Waals surface area contributed by atoms with E-state index in [1.807, 2.05) is 12.1 Å². The van der Waals surface area contributed by atoms with Crippen LogP contribution in [0, 0.1) is 0 Å². The number of rotatable bonds is 6. The second kappa shape index (κ2) is 22.6. The highest BCUT2D eigenvalue weighted by molar-refractivity contribution is 6.22. The zero-order chi connectivity index (χ0) is 69.2. The van der Waals surface area contributed by atoms with Crippen molar-refractivity contribution in [2.75, 3.05) is 0 Å². The standard InChI is InChI=1S/2C50H30N2O/c1-3-15-35-31(11-1)13-9-20-43(35)51-45-19-7-5-17-37(45)39-27-33(23-25-46(39)51)34-24-26-47-40(28-34)41-30-50-42(38-18-6-8-22-49(38)53-50)29-48(41)52(47)44-21-10-14-32-12-2-4-16-36(32)44;1-3-15-35-31(11-1)13-9-20-43(35)51-45-19-7-5-17-37(45)39-27-33(23-25-46(39)51)34-24-26-47-40(28-34)41-29-42-38-18-6-8-22-49(38)53-50(42)30-48(41)52(47)44-21-10-14-32-12-2-4-16-36(32)44/h2*1-30H. The molecule has 6 heterocycles. The summed E-state index contributed by atoms with van der Waals surface area (Å²) in [5.74, 6) is 0. The van der Waals surface area contributed by atoms with E-state index < -0.39 is 0 Å². The summed E-state index contributed by atoms with van der Waals surface area (Å²) < 4.78 is 22.6. The van der Waals surface area contributed by atoms with Crippen LogP contribution in [-0.2, 0) is 0 Å². The molecule has 0 saturated carbocycles. The first-order valence-corrected chi connectivity index (χ1v) is 36.4. The van der Waals surface area contributed by atoms with Gasteiger partial charge in [-0.15, -0.1) is 0 Å². The van der Waals surface area contributed by atoms with E-state index in [0.29, 0.717) is 0 Å². The Labute approximate surface area is 606 Å². The first-order valence-electron chi connectivity index (χ1n) is 36.4. The second-order valence-corrected chi connectivity index (χ2v) is 28.2. The van der Waals surface area contributed by atoms with Crippen molar-refractivity contribution in [1.82, 2.24) is 18.3 Å². The Morgan fingerprint density at radius 3 is 0.802 bits per heavy atom. The van der Waals surface area contributed by atoms with Crippen LogP contribution in [-0.4, -0.2) is 18.3 Å². The highest BCUT2D eigenvalue weighted by atomic mass is 16.3. The van der Waals surface area contributed by atoms with E-state index in [1.165, 1.54) is 164 Å². The van der Waals surface area contributed by atoms with E-state index in [9.17, 15) is 0 Å². The van der Waals surface area contributed by atoms with Gasteiger partial charge in [0, 0.05) is 92.2 Å². The van der Waals surface area contributed by atoms with Crippen molar-refractivity contribution in [3.05, 3.63) is 364 Å². The number of benzene rings is 18. The SMILES string of the molecule is c1ccc2c(-n3c4ccccc4c4cc(-c5ccc6c(c5)c5cc7c(cc5n6-c5cccc6ccccc56)oc5ccccc57)ccc43)cccc2c1.c1ccc2c(-n3c4ccccc4c4cc(-c5ccc6c(c5)c5cc7oc8ccccc8c7cc5n6-c5cccc6ccccc56)ccc43)cccc2c1. The monoisotopic (exact) mass is 1350 g/mol. The molecule has 24 rings (SSSR count). The summed E-state index contributed by atoms with van der Waals surface area (Å²) in [5.41, 5.74) is 22.6. The number of para-hydroxylation sites is 4. The largest absolute Gasteiger partial charge is 0.456 e. The number of hydrogen-bond acceptors (Lipinski definition) is 2. The van der Waals surface area contributed by atoms with Gasteiger partial charge >= 0.3 is 0 Å². The first-order chi connectivity index (χ1) is 52.6. The highest BCUT2D eigenvalue weighted by Gasteiger charge is 2.24. The lowest BCUT2D eigenvalue weighted by Gasteiger charge is -2.12. The molecule has 0 aliphatic carbocycles. The summed E-state index contributed by atoms with van der Waals surface area (Å²) in [7, 11) is 0. The van der Waals surface area contributed by atoms with E-state index in [0.717, 1.165) is 55.1 Å². The third kappa shape index (κ3) is 8.67. The summed E-state index contributed by atoms with van der Waals surface area (Å²) in [5, 5.41) is 24.2. The van der Waals surface area contributed by atoms with Crippen LogP contribution in [0.15, 0.2) is 373 Å². The van der Waals surface area contributed by atoms with Gasteiger partial charge in [0.05, 0.1) is 66.9 Å². The lowest BCUT2D eigenvalue weighted by Crippen LogP contribution is -1.95. The maximum atomic E-state index is 6.45. The minimum Gasteiger partial charge on any atom is -0.456 e. The molecule has 0 spiro atoms. The van der Waals surface area contributed by atoms with Gasteiger partial charge in [-0.1, -0.05) is 243 Å². The van der Waals surface area contributed by atoms with Crippen molar-refractivity contribution in [3.8, 4) is 45.0 Å². The van der Waals surface area contributed by atoms with Gasteiger partial charge in [0.2, 0.25) is 0 Å². The molecule has 492 valence electrons. The van der Waals surface area contributed by atoms with E-state index >= 15 is 0 Å². The van der Waals surface area contributed by atoms with Gasteiger partial charge in [0.25, 0.3) is 0 Å². The fourth-order valence-electron chi connectivity index (χ4n) is 17.8. The summed E-state index contributed by atoms with van der Waals surface area (Å²) in [6.07, 6.45) is 0. The van der Waals surface area contributed by atoms with Crippen LogP contribution in [0.25, 0.3) is 219 Å². The molecule has 0 fully saturated rings. The quantitative estimate of drug-likeness (QED) is 0.167. The van der Waals surface area contributed by atoms with Crippen LogP contribution >= 0.6 is 0 Å². The smallest absolute Gasteiger partial charge is 0.137 e. The van der Waals surface area contributed by atoms with Crippen LogP contribution in [0.5, 0.6) is 0 Å². The summed E-state index contributed by atoms with van der Waals surface area (Å²) in [6.45, 7) is 0. The molecule has 24 aromatic rings. The van der Waals surface area contributed by atoms with Crippen LogP contribution in [0.2, 0.25) is 0 Å². The molecule has 0 aliphatic rings. The molecular formula is C100H60N4O2. The molecule has 0 N–H and O–H groups in total. The third-order valence-corrected chi connectivity index (χ3v) is 22.6. The maximum absolute atomic E-state index is 6.45. The molecule has 0 bridgehead atoms. The summed E-state index contributed by atoms with van der Waals surface area (Å²) >= 11 is 0. The molecular weight excluding hydrogens is 1290 g/mol. The average molecular weight is 1350 g/mol. The molecule has 0 amide bonds. The summed E-state index contributed by atoms with van der Waals surface area (Å²) in [6, 6.07) is 132. The van der Waals surface area contributed by atoms with Gasteiger partial charge in [-0.05, 0) is 159 Å². The minimum absolute atomic E-state index is 0.899. The molecule has 0 unspecified atom stereocenters. The van der Waals surface area contributed by atoms with Gasteiger partial charge in [-0.3, -0.25) is 0 Å². The Bertz CT molecular complexity index is 7830. The maximum Gasteiger partial charge on any atom is 0.137 e. The van der Waals surface area contributed by atoms with Crippen molar-refractivity contribution in [3.63, 3.8) is 0 Å². The van der Waals surface area contributed by atoms with E-state index in [1.54, 1.807) is 0 Å². The number of hydrogen-bond donors (Lipinski definition) is 0. The second-order valence-electron chi connectivity index (χ2n) is 28.2. The topological polar surface area (TPSA) is 46.0 Å². The van der Waals surface area contributed by atoms with Gasteiger partial charge in [0.1, 0.15) is 22.3 Å². The van der Waals surface area contributed by atoms with Crippen molar-refractivity contribution in [1.29, 1.82) is 0 Å². The first kappa shape index (κ1) is 58.4. The summed E-state index contributed by atoms with van der Waals surface area (Å²) in [4.78, 5) is 0. The van der Waals surface area contributed by atoms with Crippen LogP contribution in [0.1, 0.15) is 0 Å². The predicted molar refractivity (Wildman–Crippen MR) is 446 cm³/mol. The zero-order valence-electron chi connectivity index (χ0n) is 57.2. The Morgan fingerprint density at radius 1 is 0.142 bits per heavy atom. The lowest BCUT2D eigenvalue weighted by atomic mass is 10.00. The van der Waals surface area contributed by atoms with Gasteiger partial charge in [-0.2, -0.15) is 0 Å². The molecule has 6 nitrogen and oxygen atoms in total. The number of nitrogens with zero attached hydrogens (tertiary/aromatic N) is 4. The van der Waals surface area contributed by atoms with Gasteiger partial charge in [-0.25, -0.2) is 0 Å². The lowest BCUT2D eigenvalue weighted by molar-refractivity contribution is 0.669. The number of fused-ring (bicyclic) bond motifs is 22. The highest BCUT2D eigenvalue weighted by Crippen LogP contribution is 2.46. The molecule has 0 radical (unpaired) electrons. The molecule has 6 aromatic heterocycles. The van der Waals surface area contributed by atoms with Crippen molar-refractivity contribution in [2.24, 2.45) is 0 Å². The van der Waals surface area contributed by atoms with Gasteiger partial charge < -0.3 is 27.1 Å². The predicted octanol–water partition coefficient (Wildman–Crippen LogP) is 27.5. The van der Waals surface area contributed by atoms with Crippen LogP contribution in [0.3, 0.4) is 0 Å². The zero-order valence-corrected chi connectivity index (χ0v) is 57.2. The Morgan fingerprint density at radius 2 is 0.406 bits per heavy atom. The Balaban J connectivity index is 0.000000129. The van der Waals surface area contributed by atoms with Crippen molar-refractivity contribution >= 4 is 174 Å². The third-order valence-electron chi connectivity index (χ3n) is 22.6. The molecule has 106 heavy (non-hydrogen) atoms. The molecule has 0 aliphatic heterocycles. The molecule has 6 heteroatoms. The molecule has 0 atom stereocenters. The molecule has 18 aromatic carbocycles. The average Bonchev–Trinajstić information content (AvgIpc) is 1.63. The number of aromatic nitrogens is 4. The fourth-order valence-corrected chi connectivity index (χ4v) is 17.8. The van der Waals surface area contributed by atoms with Crippen molar-refractivity contribution in [2.45, 2.75) is 0 Å². The fraction of sp³-hybridized carbons (Fsp3) is 0. The van der Waals surface area contributed by atoms with Gasteiger partial charge in [0.15, 0.2) is 0 Å².